The molecule has 1 aromatic carbocycles. The van der Waals surface area contributed by atoms with E-state index in [4.69, 9.17) is 9.57 Å². The highest BCUT2D eigenvalue weighted by molar-refractivity contribution is 5.89. The molecule has 0 N–H and O–H groups in total. The monoisotopic (exact) mass is 263 g/mol. The number of rotatable bonds is 3. The van der Waals surface area contributed by atoms with Crippen molar-refractivity contribution in [2.45, 2.75) is 25.9 Å². The van der Waals surface area contributed by atoms with Crippen LogP contribution in [-0.4, -0.2) is 36.2 Å². The van der Waals surface area contributed by atoms with Crippen molar-refractivity contribution in [3.63, 3.8) is 0 Å². The molecule has 0 radical (unpaired) electrons. The number of hydroxylamine groups is 2. The molecule has 1 aliphatic heterocycles. The van der Waals surface area contributed by atoms with E-state index >= 15 is 0 Å². The topological polar surface area (TPSA) is 55.8 Å². The van der Waals surface area contributed by atoms with Crippen LogP contribution in [0.5, 0.6) is 0 Å². The maximum atomic E-state index is 11.8. The molecule has 0 atom stereocenters. The number of hydrogen-bond acceptors (Lipinski definition) is 5. The Balaban J connectivity index is 1.80. The van der Waals surface area contributed by atoms with Gasteiger partial charge < -0.3 is 9.57 Å². The smallest absolute Gasteiger partial charge is 0.357 e. The van der Waals surface area contributed by atoms with Crippen LogP contribution in [0.4, 0.5) is 0 Å². The van der Waals surface area contributed by atoms with Gasteiger partial charge in [-0.25, -0.2) is 4.79 Å². The Morgan fingerprint density at radius 1 is 1.16 bits per heavy atom. The first-order valence-electron chi connectivity index (χ1n) is 6.34. The number of nitrogens with zero attached hydrogens (tertiary/aromatic N) is 1. The summed E-state index contributed by atoms with van der Waals surface area (Å²) in [5.74, 6) is -0.619. The molecule has 1 aromatic rings. The van der Waals surface area contributed by atoms with Gasteiger partial charge in [0.25, 0.3) is 0 Å². The van der Waals surface area contributed by atoms with Gasteiger partial charge in [0.1, 0.15) is 6.10 Å². The highest BCUT2D eigenvalue weighted by Crippen LogP contribution is 2.15. The van der Waals surface area contributed by atoms with Crippen LogP contribution in [-0.2, 0) is 14.4 Å². The molecule has 0 aliphatic carbocycles. The highest BCUT2D eigenvalue weighted by Gasteiger charge is 2.24. The minimum atomic E-state index is -0.355. The van der Waals surface area contributed by atoms with Crippen molar-refractivity contribution in [3.05, 3.63) is 35.9 Å². The van der Waals surface area contributed by atoms with Crippen molar-refractivity contribution in [3.8, 4) is 0 Å². The van der Waals surface area contributed by atoms with Crippen molar-refractivity contribution in [2.24, 2.45) is 0 Å². The molecule has 1 aliphatic rings. The largest absolute Gasteiger partial charge is 0.462 e. The second-order valence-corrected chi connectivity index (χ2v) is 4.48. The first-order valence-corrected chi connectivity index (χ1v) is 6.34. The fraction of sp³-hybridized carbons (Fsp3) is 0.429. The van der Waals surface area contributed by atoms with E-state index in [1.165, 1.54) is 6.92 Å². The Hall–Kier alpha value is -1.88. The number of benzene rings is 1. The van der Waals surface area contributed by atoms with Gasteiger partial charge in [0, 0.05) is 32.9 Å². The minimum Gasteiger partial charge on any atom is -0.462 e. The lowest BCUT2D eigenvalue weighted by atomic mass is 10.1. The molecular weight excluding hydrogens is 246 g/mol. The molecule has 1 saturated heterocycles. The van der Waals surface area contributed by atoms with Crippen LogP contribution in [0.3, 0.4) is 0 Å². The number of carbonyl (C=O) groups is 2. The van der Waals surface area contributed by atoms with E-state index in [0.717, 1.165) is 0 Å². The van der Waals surface area contributed by atoms with Gasteiger partial charge in [0.2, 0.25) is 0 Å². The highest BCUT2D eigenvalue weighted by atomic mass is 16.7. The minimum absolute atomic E-state index is 0.0656. The van der Waals surface area contributed by atoms with E-state index < -0.39 is 0 Å². The maximum Gasteiger partial charge on any atom is 0.357 e. The summed E-state index contributed by atoms with van der Waals surface area (Å²) in [6, 6.07) is 8.87. The van der Waals surface area contributed by atoms with Crippen LogP contribution in [0.15, 0.2) is 30.3 Å². The van der Waals surface area contributed by atoms with Crippen LogP contribution in [0.1, 0.15) is 30.1 Å². The van der Waals surface area contributed by atoms with Gasteiger partial charge in [-0.1, -0.05) is 18.2 Å². The Morgan fingerprint density at radius 2 is 1.79 bits per heavy atom. The molecule has 0 aromatic heterocycles. The van der Waals surface area contributed by atoms with Crippen LogP contribution < -0.4 is 0 Å². The van der Waals surface area contributed by atoms with E-state index in [2.05, 4.69) is 0 Å². The van der Waals surface area contributed by atoms with Gasteiger partial charge in [-0.3, -0.25) is 4.79 Å². The molecule has 5 nitrogen and oxygen atoms in total. The normalized spacial score (nSPS) is 16.9. The lowest BCUT2D eigenvalue weighted by Crippen LogP contribution is -2.38. The number of hydrogen-bond donors (Lipinski definition) is 0. The molecule has 2 rings (SSSR count). The molecule has 1 heterocycles. The Bertz CT molecular complexity index is 438. The van der Waals surface area contributed by atoms with E-state index in [1.807, 2.05) is 6.07 Å². The average molecular weight is 263 g/mol. The third kappa shape index (κ3) is 4.06. The summed E-state index contributed by atoms with van der Waals surface area (Å²) >= 11 is 0. The van der Waals surface area contributed by atoms with Gasteiger partial charge in [-0.05, 0) is 12.1 Å². The fourth-order valence-electron chi connectivity index (χ4n) is 2.02. The van der Waals surface area contributed by atoms with E-state index in [0.29, 0.717) is 31.5 Å². The van der Waals surface area contributed by atoms with Gasteiger partial charge >= 0.3 is 11.9 Å². The lowest BCUT2D eigenvalue weighted by molar-refractivity contribution is -0.161. The summed E-state index contributed by atoms with van der Waals surface area (Å²) in [7, 11) is 0. The fourth-order valence-corrected chi connectivity index (χ4v) is 2.02. The van der Waals surface area contributed by atoms with Crippen molar-refractivity contribution < 1.29 is 19.2 Å². The van der Waals surface area contributed by atoms with Gasteiger partial charge in [-0.15, -0.1) is 5.06 Å². The van der Waals surface area contributed by atoms with Crippen molar-refractivity contribution in [1.29, 1.82) is 0 Å². The van der Waals surface area contributed by atoms with E-state index in [1.54, 1.807) is 29.3 Å². The van der Waals surface area contributed by atoms with Crippen LogP contribution >= 0.6 is 0 Å². The first-order chi connectivity index (χ1) is 9.15. The van der Waals surface area contributed by atoms with Crippen LogP contribution in [0, 0.1) is 0 Å². The number of carbonyl (C=O) groups excluding carboxylic acids is 2. The zero-order chi connectivity index (χ0) is 13.7. The zero-order valence-electron chi connectivity index (χ0n) is 10.9. The standard InChI is InChI=1S/C14H17NO4/c1-11(16)18-13-7-9-15(10-8-13)19-14(17)12-5-3-2-4-6-12/h2-6,13H,7-10H2,1H3. The summed E-state index contributed by atoms with van der Waals surface area (Å²) in [5, 5.41) is 1.62. The molecule has 102 valence electrons. The molecule has 5 heteroatoms. The molecular formula is C14H17NO4. The molecule has 1 fully saturated rings. The molecule has 0 spiro atoms. The molecule has 0 saturated carbocycles. The Labute approximate surface area is 112 Å². The zero-order valence-corrected chi connectivity index (χ0v) is 10.9. The predicted octanol–water partition coefficient (Wildman–Crippen LogP) is 1.79. The van der Waals surface area contributed by atoms with Gasteiger partial charge in [0.15, 0.2) is 0 Å². The lowest BCUT2D eigenvalue weighted by Gasteiger charge is -2.29. The van der Waals surface area contributed by atoms with Crippen LogP contribution in [0.2, 0.25) is 0 Å². The molecule has 0 amide bonds. The summed E-state index contributed by atoms with van der Waals surface area (Å²) in [6.07, 6.45) is 1.30. The third-order valence-electron chi connectivity index (χ3n) is 2.96. The van der Waals surface area contributed by atoms with Crippen molar-refractivity contribution >= 4 is 11.9 Å². The summed E-state index contributed by atoms with van der Waals surface area (Å²) < 4.78 is 5.12. The van der Waals surface area contributed by atoms with Crippen molar-refractivity contribution in [2.75, 3.05) is 13.1 Å². The first kappa shape index (κ1) is 13.5. The van der Waals surface area contributed by atoms with Crippen molar-refractivity contribution in [1.82, 2.24) is 5.06 Å². The van der Waals surface area contributed by atoms with E-state index in [-0.39, 0.29) is 18.0 Å². The second-order valence-electron chi connectivity index (χ2n) is 4.48. The molecule has 19 heavy (non-hydrogen) atoms. The average Bonchev–Trinajstić information content (AvgIpc) is 2.41. The number of piperidine rings is 1. The SMILES string of the molecule is CC(=O)OC1CCN(OC(=O)c2ccccc2)CC1. The summed E-state index contributed by atoms with van der Waals surface area (Å²) in [4.78, 5) is 27.9. The Morgan fingerprint density at radius 3 is 2.37 bits per heavy atom. The van der Waals surface area contributed by atoms with Gasteiger partial charge in [-0.2, -0.15) is 0 Å². The molecule has 0 unspecified atom stereocenters. The summed E-state index contributed by atoms with van der Waals surface area (Å²) in [5.41, 5.74) is 0.532. The number of ether oxygens (including phenoxy) is 1. The predicted molar refractivity (Wildman–Crippen MR) is 68.2 cm³/mol. The second kappa shape index (κ2) is 6.33. The maximum absolute atomic E-state index is 11.8. The van der Waals surface area contributed by atoms with Gasteiger partial charge in [0.05, 0.1) is 5.56 Å². The quantitative estimate of drug-likeness (QED) is 0.778. The summed E-state index contributed by atoms with van der Waals surface area (Å²) in [6.45, 7) is 2.56. The van der Waals surface area contributed by atoms with Crippen LogP contribution in [0.25, 0.3) is 0 Å². The third-order valence-corrected chi connectivity index (χ3v) is 2.96. The van der Waals surface area contributed by atoms with E-state index in [9.17, 15) is 9.59 Å². The Kier molecular flexibility index (Phi) is 4.52. The number of esters is 1. The molecule has 0 bridgehead atoms.